The van der Waals surface area contributed by atoms with Crippen LogP contribution in [-0.4, -0.2) is 37.7 Å². The largest absolute Gasteiger partial charge is 0.493 e. The predicted octanol–water partition coefficient (Wildman–Crippen LogP) is 2.38. The van der Waals surface area contributed by atoms with Crippen molar-refractivity contribution in [3.63, 3.8) is 0 Å². The first-order valence-corrected chi connectivity index (χ1v) is 7.07. The van der Waals surface area contributed by atoms with Crippen LogP contribution in [0.1, 0.15) is 18.9 Å². The second kappa shape index (κ2) is 5.19. The third-order valence-electron chi connectivity index (χ3n) is 4.12. The molecule has 2 heterocycles. The monoisotopic (exact) mass is 246 g/mol. The van der Waals surface area contributed by atoms with Crippen LogP contribution in [0.15, 0.2) is 18.2 Å². The summed E-state index contributed by atoms with van der Waals surface area (Å²) in [5.41, 5.74) is 2.62. The summed E-state index contributed by atoms with van der Waals surface area (Å²) in [6.07, 6.45) is 2.37. The van der Waals surface area contributed by atoms with E-state index in [1.54, 1.807) is 0 Å². The van der Waals surface area contributed by atoms with Crippen molar-refractivity contribution in [1.82, 2.24) is 4.90 Å². The van der Waals surface area contributed by atoms with E-state index in [1.807, 2.05) is 0 Å². The Morgan fingerprint density at radius 3 is 3.22 bits per heavy atom. The Hall–Kier alpha value is -1.22. The first kappa shape index (κ1) is 11.8. The third kappa shape index (κ3) is 2.32. The number of likely N-dealkylation sites (tertiary alicyclic amines) is 1. The quantitative estimate of drug-likeness (QED) is 0.882. The van der Waals surface area contributed by atoms with Gasteiger partial charge in [-0.15, -0.1) is 0 Å². The lowest BCUT2D eigenvalue weighted by molar-refractivity contribution is 0.242. The van der Waals surface area contributed by atoms with E-state index in [2.05, 4.69) is 35.3 Å². The van der Waals surface area contributed by atoms with Crippen molar-refractivity contribution >= 4 is 5.69 Å². The zero-order valence-corrected chi connectivity index (χ0v) is 11.1. The topological polar surface area (TPSA) is 24.5 Å². The van der Waals surface area contributed by atoms with Gasteiger partial charge in [0.2, 0.25) is 0 Å². The first-order chi connectivity index (χ1) is 8.86. The molecule has 0 amide bonds. The summed E-state index contributed by atoms with van der Waals surface area (Å²) in [6, 6.07) is 6.33. The maximum atomic E-state index is 6.06. The van der Waals surface area contributed by atoms with Crippen LogP contribution in [-0.2, 0) is 6.42 Å². The summed E-state index contributed by atoms with van der Waals surface area (Å²) < 4.78 is 6.06. The molecule has 2 aliphatic heterocycles. The van der Waals surface area contributed by atoms with Crippen LogP contribution in [0.3, 0.4) is 0 Å². The van der Waals surface area contributed by atoms with Crippen molar-refractivity contribution in [2.45, 2.75) is 19.8 Å². The Morgan fingerprint density at radius 2 is 2.39 bits per heavy atom. The minimum Gasteiger partial charge on any atom is -0.493 e. The summed E-state index contributed by atoms with van der Waals surface area (Å²) >= 11 is 0. The minimum atomic E-state index is 0.704. The molecule has 0 spiro atoms. The van der Waals surface area contributed by atoms with Crippen LogP contribution in [0.4, 0.5) is 5.69 Å². The zero-order chi connectivity index (χ0) is 12.4. The highest BCUT2D eigenvalue weighted by atomic mass is 16.5. The van der Waals surface area contributed by atoms with Gasteiger partial charge in [0.1, 0.15) is 5.75 Å². The molecule has 0 saturated carbocycles. The fourth-order valence-corrected chi connectivity index (χ4v) is 2.99. The average molecular weight is 246 g/mol. The van der Waals surface area contributed by atoms with E-state index < -0.39 is 0 Å². The second-order valence-electron chi connectivity index (χ2n) is 5.32. The van der Waals surface area contributed by atoms with Crippen LogP contribution in [0, 0.1) is 5.92 Å². The van der Waals surface area contributed by atoms with Gasteiger partial charge in [-0.2, -0.15) is 0 Å². The van der Waals surface area contributed by atoms with Gasteiger partial charge in [0.25, 0.3) is 0 Å². The molecule has 0 radical (unpaired) electrons. The molecule has 3 heteroatoms. The van der Waals surface area contributed by atoms with Crippen molar-refractivity contribution in [2.24, 2.45) is 5.92 Å². The smallest absolute Gasteiger partial charge is 0.124 e. The van der Waals surface area contributed by atoms with Crippen LogP contribution < -0.4 is 10.1 Å². The fraction of sp³-hybridized carbons (Fsp3) is 0.600. The van der Waals surface area contributed by atoms with Crippen LogP contribution in [0.2, 0.25) is 0 Å². The molecule has 1 aromatic carbocycles. The molecule has 1 unspecified atom stereocenters. The van der Waals surface area contributed by atoms with Gasteiger partial charge in [-0.3, -0.25) is 0 Å². The Kier molecular flexibility index (Phi) is 3.41. The number of benzene rings is 1. The maximum absolute atomic E-state index is 6.06. The summed E-state index contributed by atoms with van der Waals surface area (Å²) in [5.74, 6) is 1.79. The number of hydrogen-bond donors (Lipinski definition) is 1. The van der Waals surface area contributed by atoms with E-state index in [0.29, 0.717) is 5.92 Å². The molecule has 1 aromatic rings. The van der Waals surface area contributed by atoms with Crippen molar-refractivity contribution in [3.05, 3.63) is 23.8 Å². The summed E-state index contributed by atoms with van der Waals surface area (Å²) in [6.45, 7) is 7.75. The normalized spacial score (nSPS) is 22.8. The van der Waals surface area contributed by atoms with Crippen molar-refractivity contribution in [1.29, 1.82) is 0 Å². The van der Waals surface area contributed by atoms with E-state index in [1.165, 1.54) is 37.3 Å². The average Bonchev–Trinajstić information content (AvgIpc) is 3.05. The number of rotatable bonds is 4. The van der Waals surface area contributed by atoms with Crippen molar-refractivity contribution in [3.8, 4) is 5.75 Å². The summed E-state index contributed by atoms with van der Waals surface area (Å²) in [4.78, 5) is 2.50. The molecule has 1 fully saturated rings. The van der Waals surface area contributed by atoms with Crippen molar-refractivity contribution < 1.29 is 4.74 Å². The summed E-state index contributed by atoms with van der Waals surface area (Å²) in [5, 5.41) is 3.40. The molecule has 18 heavy (non-hydrogen) atoms. The first-order valence-electron chi connectivity index (χ1n) is 7.07. The third-order valence-corrected chi connectivity index (χ3v) is 4.12. The molecule has 0 aliphatic carbocycles. The minimum absolute atomic E-state index is 0.704. The molecular weight excluding hydrogens is 224 g/mol. The van der Waals surface area contributed by atoms with Gasteiger partial charge < -0.3 is 15.0 Å². The lowest BCUT2D eigenvalue weighted by Gasteiger charge is -2.15. The molecule has 2 aliphatic rings. The Bertz CT molecular complexity index is 419. The van der Waals surface area contributed by atoms with Gasteiger partial charge in [0, 0.05) is 30.3 Å². The van der Waals surface area contributed by atoms with Crippen LogP contribution in [0.25, 0.3) is 0 Å². The van der Waals surface area contributed by atoms with E-state index in [9.17, 15) is 0 Å². The number of hydrogen-bond acceptors (Lipinski definition) is 3. The van der Waals surface area contributed by atoms with E-state index in [4.69, 9.17) is 4.74 Å². The number of anilines is 1. The molecule has 1 saturated heterocycles. The molecule has 1 atom stereocenters. The van der Waals surface area contributed by atoms with Gasteiger partial charge in [-0.25, -0.2) is 0 Å². The summed E-state index contributed by atoms with van der Waals surface area (Å²) in [7, 11) is 0. The van der Waals surface area contributed by atoms with Gasteiger partial charge in [-0.1, -0.05) is 13.0 Å². The number of nitrogens with zero attached hydrogens (tertiary/aromatic N) is 1. The van der Waals surface area contributed by atoms with Crippen molar-refractivity contribution in [2.75, 3.05) is 38.1 Å². The van der Waals surface area contributed by atoms with Gasteiger partial charge in [0.15, 0.2) is 0 Å². The lowest BCUT2D eigenvalue weighted by atomic mass is 10.1. The highest BCUT2D eigenvalue weighted by Crippen LogP contribution is 2.31. The van der Waals surface area contributed by atoms with E-state index in [0.717, 1.165) is 25.3 Å². The number of fused-ring (bicyclic) bond motifs is 1. The molecule has 1 N–H and O–H groups in total. The molecule has 3 rings (SSSR count). The molecule has 0 aromatic heterocycles. The lowest BCUT2D eigenvalue weighted by Crippen LogP contribution is -2.22. The second-order valence-corrected chi connectivity index (χ2v) is 5.32. The molecule has 98 valence electrons. The molecular formula is C15H22N2O. The Morgan fingerprint density at radius 1 is 1.44 bits per heavy atom. The van der Waals surface area contributed by atoms with Gasteiger partial charge in [-0.05, 0) is 38.1 Å². The van der Waals surface area contributed by atoms with E-state index in [-0.39, 0.29) is 0 Å². The SMILES string of the molecule is CCN1CCC(COc2cccc3c2CCN3)C1. The van der Waals surface area contributed by atoms with Crippen LogP contribution in [0.5, 0.6) is 5.75 Å². The van der Waals surface area contributed by atoms with Gasteiger partial charge >= 0.3 is 0 Å². The van der Waals surface area contributed by atoms with Crippen LogP contribution >= 0.6 is 0 Å². The van der Waals surface area contributed by atoms with Gasteiger partial charge in [0.05, 0.1) is 6.61 Å². The fourth-order valence-electron chi connectivity index (χ4n) is 2.99. The molecule has 3 nitrogen and oxygen atoms in total. The number of ether oxygens (including phenoxy) is 1. The Labute approximate surface area is 109 Å². The maximum Gasteiger partial charge on any atom is 0.124 e. The predicted molar refractivity (Wildman–Crippen MR) is 74.4 cm³/mol. The van der Waals surface area contributed by atoms with E-state index >= 15 is 0 Å². The molecule has 0 bridgehead atoms. The highest BCUT2D eigenvalue weighted by Gasteiger charge is 2.22. The number of nitrogens with one attached hydrogen (secondary N) is 1. The standard InChI is InChI=1S/C15H22N2O/c1-2-17-9-7-12(10-17)11-18-15-5-3-4-14-13(15)6-8-16-14/h3-5,12,16H,2,6-11H2,1H3. The Balaban J connectivity index is 1.59. The highest BCUT2D eigenvalue weighted by molar-refractivity contribution is 5.61. The zero-order valence-electron chi connectivity index (χ0n) is 11.1.